The average Bonchev–Trinajstić information content (AvgIpc) is 3.09. The lowest BCUT2D eigenvalue weighted by Crippen LogP contribution is -2.34. The van der Waals surface area contributed by atoms with Crippen LogP contribution >= 0.6 is 0 Å². The van der Waals surface area contributed by atoms with Gasteiger partial charge >= 0.3 is 0 Å². The van der Waals surface area contributed by atoms with Crippen LogP contribution in [0.1, 0.15) is 48.8 Å². The molecule has 2 aliphatic carbocycles. The summed E-state index contributed by atoms with van der Waals surface area (Å²) in [6, 6.07) is 11.2. The summed E-state index contributed by atoms with van der Waals surface area (Å²) in [5, 5.41) is 0. The minimum atomic E-state index is 0.525. The highest BCUT2D eigenvalue weighted by Crippen LogP contribution is 2.50. The second kappa shape index (κ2) is 4.69. The van der Waals surface area contributed by atoms with Gasteiger partial charge in [0.25, 0.3) is 0 Å². The highest BCUT2D eigenvalue weighted by atomic mass is 14.9. The molecule has 0 N–H and O–H groups in total. The lowest BCUT2D eigenvalue weighted by atomic mass is 9.81. The summed E-state index contributed by atoms with van der Waals surface area (Å²) in [6.07, 6.45) is 10.7. The number of nitrogens with zero attached hydrogens (tertiary/aromatic N) is 1. The number of pyridine rings is 1. The lowest BCUT2D eigenvalue weighted by Gasteiger charge is -2.22. The number of aryl methyl sites for hydroxylation is 3. The molecule has 1 aromatic heterocycles. The topological polar surface area (TPSA) is 3.88 Å². The molecule has 1 heterocycles. The van der Waals surface area contributed by atoms with E-state index in [0.29, 0.717) is 5.41 Å². The standard InChI is InChI=1S/C20H24N/c1-15-7-3-4-8-17(15)19-13-16-9-12-20(10-5-6-11-20)18(16)14-21(19)2/h3-4,7-8,13-14H,5-6,9-12H2,1-2H3/q+1. The number of benzene rings is 1. The molecular formula is C20H24N+. The molecule has 0 atom stereocenters. The van der Waals surface area contributed by atoms with Gasteiger partial charge in [0.2, 0.25) is 5.69 Å². The van der Waals surface area contributed by atoms with Gasteiger partial charge < -0.3 is 0 Å². The Hall–Kier alpha value is -1.63. The maximum Gasteiger partial charge on any atom is 0.212 e. The molecule has 1 spiro atoms. The summed E-state index contributed by atoms with van der Waals surface area (Å²) in [5.41, 5.74) is 7.88. The molecule has 1 nitrogen and oxygen atoms in total. The van der Waals surface area contributed by atoms with Crippen molar-refractivity contribution in [3.8, 4) is 11.3 Å². The Balaban J connectivity index is 1.85. The SMILES string of the molecule is Cc1ccccc1-c1cc2c(c[n+]1C)C1(CCCC1)CC2. The third-order valence-electron chi connectivity index (χ3n) is 5.79. The first-order chi connectivity index (χ1) is 10.2. The lowest BCUT2D eigenvalue weighted by molar-refractivity contribution is -0.661. The zero-order valence-electron chi connectivity index (χ0n) is 13.2. The van der Waals surface area contributed by atoms with E-state index in [1.165, 1.54) is 55.3 Å². The molecule has 0 bridgehead atoms. The Morgan fingerprint density at radius 1 is 1.05 bits per heavy atom. The summed E-state index contributed by atoms with van der Waals surface area (Å²) in [7, 11) is 2.21. The van der Waals surface area contributed by atoms with Gasteiger partial charge in [-0.25, -0.2) is 4.57 Å². The first kappa shape index (κ1) is 13.1. The van der Waals surface area contributed by atoms with E-state index in [9.17, 15) is 0 Å². The van der Waals surface area contributed by atoms with E-state index in [4.69, 9.17) is 0 Å². The van der Waals surface area contributed by atoms with Crippen LogP contribution in [-0.2, 0) is 18.9 Å². The van der Waals surface area contributed by atoms with Gasteiger partial charge in [0, 0.05) is 22.6 Å². The molecule has 1 aromatic carbocycles. The van der Waals surface area contributed by atoms with Crippen LogP contribution < -0.4 is 4.57 Å². The number of hydrogen-bond acceptors (Lipinski definition) is 0. The first-order valence-corrected chi connectivity index (χ1v) is 8.29. The van der Waals surface area contributed by atoms with Crippen LogP contribution in [0.5, 0.6) is 0 Å². The molecule has 0 aliphatic heterocycles. The van der Waals surface area contributed by atoms with Crippen molar-refractivity contribution >= 4 is 0 Å². The fourth-order valence-electron chi connectivity index (χ4n) is 4.58. The smallest absolute Gasteiger partial charge is 0.201 e. The van der Waals surface area contributed by atoms with E-state index in [-0.39, 0.29) is 0 Å². The fraction of sp³-hybridized carbons (Fsp3) is 0.450. The minimum Gasteiger partial charge on any atom is -0.201 e. The molecule has 4 rings (SSSR count). The molecular weight excluding hydrogens is 254 g/mol. The van der Waals surface area contributed by atoms with Gasteiger partial charge in [0.15, 0.2) is 6.20 Å². The van der Waals surface area contributed by atoms with Gasteiger partial charge in [-0.2, -0.15) is 0 Å². The highest BCUT2D eigenvalue weighted by molar-refractivity contribution is 5.62. The van der Waals surface area contributed by atoms with Crippen molar-refractivity contribution in [1.29, 1.82) is 0 Å². The average molecular weight is 278 g/mol. The Bertz CT molecular complexity index is 693. The van der Waals surface area contributed by atoms with Crippen LogP contribution in [-0.4, -0.2) is 0 Å². The zero-order valence-corrected chi connectivity index (χ0v) is 13.2. The summed E-state index contributed by atoms with van der Waals surface area (Å²) in [4.78, 5) is 0. The van der Waals surface area contributed by atoms with Crippen molar-refractivity contribution in [2.24, 2.45) is 7.05 Å². The molecule has 0 radical (unpaired) electrons. The highest BCUT2D eigenvalue weighted by Gasteiger charge is 2.43. The van der Waals surface area contributed by atoms with E-state index < -0.39 is 0 Å². The number of hydrogen-bond donors (Lipinski definition) is 0. The maximum absolute atomic E-state index is 2.46. The van der Waals surface area contributed by atoms with E-state index in [1.807, 2.05) is 0 Å². The second-order valence-corrected chi connectivity index (χ2v) is 7.01. The van der Waals surface area contributed by atoms with Crippen LogP contribution in [0.4, 0.5) is 0 Å². The van der Waals surface area contributed by atoms with Crippen molar-refractivity contribution in [3.05, 3.63) is 53.2 Å². The largest absolute Gasteiger partial charge is 0.212 e. The van der Waals surface area contributed by atoms with E-state index in [1.54, 1.807) is 11.1 Å². The van der Waals surface area contributed by atoms with Crippen LogP contribution in [0, 0.1) is 6.92 Å². The first-order valence-electron chi connectivity index (χ1n) is 8.29. The summed E-state index contributed by atoms with van der Waals surface area (Å²) in [5.74, 6) is 0. The van der Waals surface area contributed by atoms with Crippen molar-refractivity contribution in [1.82, 2.24) is 0 Å². The summed E-state index contributed by atoms with van der Waals surface area (Å²) < 4.78 is 2.35. The monoisotopic (exact) mass is 278 g/mol. The third-order valence-corrected chi connectivity index (χ3v) is 5.79. The Labute approximate surface area is 127 Å². The molecule has 21 heavy (non-hydrogen) atoms. The van der Waals surface area contributed by atoms with Gasteiger partial charge in [0.1, 0.15) is 7.05 Å². The summed E-state index contributed by atoms with van der Waals surface area (Å²) >= 11 is 0. The van der Waals surface area contributed by atoms with Gasteiger partial charge in [-0.15, -0.1) is 0 Å². The van der Waals surface area contributed by atoms with E-state index in [2.05, 4.69) is 55.1 Å². The maximum atomic E-state index is 2.46. The Morgan fingerprint density at radius 2 is 1.81 bits per heavy atom. The van der Waals surface area contributed by atoms with Crippen molar-refractivity contribution in [2.45, 2.75) is 50.9 Å². The van der Waals surface area contributed by atoms with Gasteiger partial charge in [-0.05, 0) is 49.8 Å². The van der Waals surface area contributed by atoms with Crippen LogP contribution in [0.3, 0.4) is 0 Å². The zero-order chi connectivity index (χ0) is 14.4. The second-order valence-electron chi connectivity index (χ2n) is 7.01. The molecule has 0 saturated heterocycles. The van der Waals surface area contributed by atoms with Crippen LogP contribution in [0.2, 0.25) is 0 Å². The molecule has 0 unspecified atom stereocenters. The third kappa shape index (κ3) is 1.94. The molecule has 2 aromatic rings. The number of aromatic nitrogens is 1. The normalized spacial score (nSPS) is 19.1. The van der Waals surface area contributed by atoms with Crippen LogP contribution in [0.15, 0.2) is 36.5 Å². The van der Waals surface area contributed by atoms with Crippen molar-refractivity contribution in [2.75, 3.05) is 0 Å². The molecule has 0 amide bonds. The van der Waals surface area contributed by atoms with Crippen molar-refractivity contribution < 1.29 is 4.57 Å². The predicted molar refractivity (Wildman–Crippen MR) is 86.3 cm³/mol. The van der Waals surface area contributed by atoms with Gasteiger partial charge in [0.05, 0.1) is 0 Å². The van der Waals surface area contributed by atoms with Crippen LogP contribution in [0.25, 0.3) is 11.3 Å². The number of fused-ring (bicyclic) bond motifs is 2. The predicted octanol–water partition coefficient (Wildman–Crippen LogP) is 4.24. The van der Waals surface area contributed by atoms with E-state index >= 15 is 0 Å². The number of rotatable bonds is 1. The Kier molecular flexibility index (Phi) is 2.92. The van der Waals surface area contributed by atoms with Gasteiger partial charge in [-0.3, -0.25) is 0 Å². The molecule has 1 fully saturated rings. The molecule has 2 aliphatic rings. The molecule has 1 heteroatoms. The summed E-state index contributed by atoms with van der Waals surface area (Å²) in [6.45, 7) is 2.21. The van der Waals surface area contributed by atoms with E-state index in [0.717, 1.165) is 0 Å². The van der Waals surface area contributed by atoms with Gasteiger partial charge in [-0.1, -0.05) is 31.0 Å². The Morgan fingerprint density at radius 3 is 2.57 bits per heavy atom. The molecule has 108 valence electrons. The minimum absolute atomic E-state index is 0.525. The van der Waals surface area contributed by atoms with Crippen molar-refractivity contribution in [3.63, 3.8) is 0 Å². The quantitative estimate of drug-likeness (QED) is 0.687. The fourth-order valence-corrected chi connectivity index (χ4v) is 4.58. The molecule has 1 saturated carbocycles.